The maximum Gasteiger partial charge on any atom is 0.126 e. The minimum Gasteiger partial charge on any atom is -0.496 e. The summed E-state index contributed by atoms with van der Waals surface area (Å²) in [4.78, 5) is 0. The molecule has 0 aliphatic heterocycles. The van der Waals surface area contributed by atoms with E-state index in [2.05, 4.69) is 38.2 Å². The van der Waals surface area contributed by atoms with Crippen molar-refractivity contribution in [1.82, 2.24) is 5.32 Å². The molecule has 1 rings (SSSR count). The summed E-state index contributed by atoms with van der Waals surface area (Å²) in [5, 5.41) is 3.39. The lowest BCUT2D eigenvalue weighted by Crippen LogP contribution is -2.17. The van der Waals surface area contributed by atoms with E-state index in [9.17, 15) is 0 Å². The summed E-state index contributed by atoms with van der Waals surface area (Å²) in [5.41, 5.74) is 3.82. The number of rotatable bonds is 6. The Labute approximate surface area is 105 Å². The average molecular weight is 235 g/mol. The second-order valence-electron chi connectivity index (χ2n) is 4.61. The van der Waals surface area contributed by atoms with Gasteiger partial charge in [-0.1, -0.05) is 31.9 Å². The van der Waals surface area contributed by atoms with Gasteiger partial charge < -0.3 is 10.1 Å². The molecule has 0 heterocycles. The molecule has 0 saturated heterocycles. The molecule has 0 aliphatic carbocycles. The third-order valence-electron chi connectivity index (χ3n) is 3.48. The van der Waals surface area contributed by atoms with Gasteiger partial charge in [0.15, 0.2) is 0 Å². The fraction of sp³-hybridized carbons (Fsp3) is 0.600. The summed E-state index contributed by atoms with van der Waals surface area (Å²) in [7, 11) is 3.78. The minimum absolute atomic E-state index is 0.393. The minimum atomic E-state index is 0.393. The van der Waals surface area contributed by atoms with Gasteiger partial charge in [-0.15, -0.1) is 0 Å². The largest absolute Gasteiger partial charge is 0.496 e. The van der Waals surface area contributed by atoms with Crippen molar-refractivity contribution in [1.29, 1.82) is 0 Å². The third-order valence-corrected chi connectivity index (χ3v) is 3.48. The molecule has 0 spiro atoms. The fourth-order valence-corrected chi connectivity index (χ4v) is 2.22. The van der Waals surface area contributed by atoms with Gasteiger partial charge in [0, 0.05) is 11.6 Å². The SMILES string of the molecule is CCCCC(NC)c1ccc(C)c(C)c1OC. The van der Waals surface area contributed by atoms with E-state index in [-0.39, 0.29) is 0 Å². The van der Waals surface area contributed by atoms with Crippen LogP contribution in [0.25, 0.3) is 0 Å². The highest BCUT2D eigenvalue weighted by molar-refractivity contribution is 5.46. The molecule has 0 aromatic heterocycles. The second-order valence-corrected chi connectivity index (χ2v) is 4.61. The lowest BCUT2D eigenvalue weighted by atomic mass is 9.96. The van der Waals surface area contributed by atoms with Gasteiger partial charge in [-0.3, -0.25) is 0 Å². The molecule has 1 N–H and O–H groups in total. The van der Waals surface area contributed by atoms with Crippen molar-refractivity contribution in [3.63, 3.8) is 0 Å². The molecule has 0 radical (unpaired) electrons. The summed E-state index contributed by atoms with van der Waals surface area (Å²) in [6.45, 7) is 6.48. The first kappa shape index (κ1) is 14.0. The van der Waals surface area contributed by atoms with Gasteiger partial charge in [-0.05, 0) is 38.4 Å². The highest BCUT2D eigenvalue weighted by Gasteiger charge is 2.16. The molecule has 1 unspecified atom stereocenters. The van der Waals surface area contributed by atoms with Crippen LogP contribution in [0.1, 0.15) is 48.9 Å². The molecule has 1 aromatic rings. The van der Waals surface area contributed by atoms with E-state index in [1.807, 2.05) is 7.05 Å². The molecule has 0 bridgehead atoms. The van der Waals surface area contributed by atoms with Crippen LogP contribution in [0.15, 0.2) is 12.1 Å². The molecule has 1 atom stereocenters. The van der Waals surface area contributed by atoms with Crippen LogP contribution < -0.4 is 10.1 Å². The molecule has 0 amide bonds. The summed E-state index contributed by atoms with van der Waals surface area (Å²) >= 11 is 0. The number of ether oxygens (including phenoxy) is 1. The normalized spacial score (nSPS) is 12.5. The highest BCUT2D eigenvalue weighted by atomic mass is 16.5. The smallest absolute Gasteiger partial charge is 0.126 e. The van der Waals surface area contributed by atoms with Gasteiger partial charge in [-0.25, -0.2) is 0 Å². The Bertz CT molecular complexity index is 360. The van der Waals surface area contributed by atoms with Crippen LogP contribution in [0.2, 0.25) is 0 Å². The lowest BCUT2D eigenvalue weighted by Gasteiger charge is -2.21. The van der Waals surface area contributed by atoms with Crippen molar-refractivity contribution in [2.24, 2.45) is 0 Å². The van der Waals surface area contributed by atoms with Crippen LogP contribution in [-0.2, 0) is 0 Å². The molecular formula is C15H25NO. The first-order chi connectivity index (χ1) is 8.15. The first-order valence-electron chi connectivity index (χ1n) is 6.47. The number of aryl methyl sites for hydroxylation is 1. The maximum absolute atomic E-state index is 5.58. The van der Waals surface area contributed by atoms with E-state index in [4.69, 9.17) is 4.74 Å². The number of benzene rings is 1. The van der Waals surface area contributed by atoms with Crippen molar-refractivity contribution in [2.45, 2.75) is 46.1 Å². The van der Waals surface area contributed by atoms with Crippen LogP contribution in [-0.4, -0.2) is 14.2 Å². The summed E-state index contributed by atoms with van der Waals surface area (Å²) in [6, 6.07) is 4.77. The van der Waals surface area contributed by atoms with Crippen molar-refractivity contribution in [3.8, 4) is 5.75 Å². The summed E-state index contributed by atoms with van der Waals surface area (Å²) in [5.74, 6) is 1.04. The van der Waals surface area contributed by atoms with E-state index in [0.717, 1.165) is 12.2 Å². The van der Waals surface area contributed by atoms with Gasteiger partial charge in [0.25, 0.3) is 0 Å². The Hall–Kier alpha value is -1.02. The quantitative estimate of drug-likeness (QED) is 0.810. The van der Waals surface area contributed by atoms with Gasteiger partial charge in [-0.2, -0.15) is 0 Å². The van der Waals surface area contributed by atoms with Crippen molar-refractivity contribution in [3.05, 3.63) is 28.8 Å². The highest BCUT2D eigenvalue weighted by Crippen LogP contribution is 2.32. The molecular weight excluding hydrogens is 210 g/mol. The number of hydrogen-bond acceptors (Lipinski definition) is 2. The predicted molar refractivity (Wildman–Crippen MR) is 73.8 cm³/mol. The molecule has 0 fully saturated rings. The number of methoxy groups -OCH3 is 1. The molecule has 17 heavy (non-hydrogen) atoms. The van der Waals surface area contributed by atoms with Crippen molar-refractivity contribution in [2.75, 3.05) is 14.2 Å². The van der Waals surface area contributed by atoms with E-state index in [1.54, 1.807) is 7.11 Å². The second kappa shape index (κ2) is 6.65. The standard InChI is InChI=1S/C15H25NO/c1-6-7-8-14(16-4)13-10-9-11(2)12(3)15(13)17-5/h9-10,14,16H,6-8H2,1-5H3. The van der Waals surface area contributed by atoms with Gasteiger partial charge in [0.1, 0.15) is 5.75 Å². The molecule has 0 aliphatic rings. The molecule has 1 aromatic carbocycles. The average Bonchev–Trinajstić information content (AvgIpc) is 2.34. The van der Waals surface area contributed by atoms with E-state index in [0.29, 0.717) is 6.04 Å². The maximum atomic E-state index is 5.58. The van der Waals surface area contributed by atoms with Gasteiger partial charge in [0.2, 0.25) is 0 Å². The van der Waals surface area contributed by atoms with Crippen LogP contribution in [0, 0.1) is 13.8 Å². The van der Waals surface area contributed by atoms with Gasteiger partial charge >= 0.3 is 0 Å². The predicted octanol–water partition coefficient (Wildman–Crippen LogP) is 3.76. The lowest BCUT2D eigenvalue weighted by molar-refractivity contribution is 0.394. The molecule has 2 nitrogen and oxygen atoms in total. The van der Waals surface area contributed by atoms with E-state index < -0.39 is 0 Å². The van der Waals surface area contributed by atoms with Crippen molar-refractivity contribution < 1.29 is 4.74 Å². The van der Waals surface area contributed by atoms with Crippen molar-refractivity contribution >= 4 is 0 Å². The first-order valence-corrected chi connectivity index (χ1v) is 6.47. The Balaban J connectivity index is 3.06. The molecule has 2 heteroatoms. The molecule has 96 valence electrons. The Kier molecular flexibility index (Phi) is 5.49. The third kappa shape index (κ3) is 3.22. The number of hydrogen-bond donors (Lipinski definition) is 1. The summed E-state index contributed by atoms with van der Waals surface area (Å²) < 4.78 is 5.58. The number of unbranched alkanes of at least 4 members (excludes halogenated alkanes) is 1. The van der Waals surface area contributed by atoms with Crippen LogP contribution >= 0.6 is 0 Å². The zero-order chi connectivity index (χ0) is 12.8. The molecule has 0 saturated carbocycles. The van der Waals surface area contributed by atoms with Crippen LogP contribution in [0.4, 0.5) is 0 Å². The zero-order valence-corrected chi connectivity index (χ0v) is 11.8. The Morgan fingerprint density at radius 3 is 2.53 bits per heavy atom. The topological polar surface area (TPSA) is 21.3 Å². The monoisotopic (exact) mass is 235 g/mol. The zero-order valence-electron chi connectivity index (χ0n) is 11.8. The Morgan fingerprint density at radius 2 is 2.00 bits per heavy atom. The van der Waals surface area contributed by atoms with E-state index >= 15 is 0 Å². The fourth-order valence-electron chi connectivity index (χ4n) is 2.22. The van der Waals surface area contributed by atoms with Gasteiger partial charge in [0.05, 0.1) is 7.11 Å². The summed E-state index contributed by atoms with van der Waals surface area (Å²) in [6.07, 6.45) is 3.62. The van der Waals surface area contributed by atoms with Crippen LogP contribution in [0.5, 0.6) is 5.75 Å². The Morgan fingerprint density at radius 1 is 1.29 bits per heavy atom. The van der Waals surface area contributed by atoms with Crippen LogP contribution in [0.3, 0.4) is 0 Å². The number of nitrogens with one attached hydrogen (secondary N) is 1. The van der Waals surface area contributed by atoms with E-state index in [1.165, 1.54) is 29.5 Å².